The second-order valence-corrected chi connectivity index (χ2v) is 6.31. The number of hydrogen-bond acceptors (Lipinski definition) is 6. The van der Waals surface area contributed by atoms with Crippen molar-refractivity contribution in [2.75, 3.05) is 12.4 Å². The molecule has 2 N–H and O–H groups in total. The average Bonchev–Trinajstić information content (AvgIpc) is 2.53. The number of benzene rings is 1. The highest BCUT2D eigenvalue weighted by Gasteiger charge is 2.19. The molecule has 2 aromatic rings. The Labute approximate surface area is 142 Å². The number of esters is 1. The molecule has 1 heterocycles. The third-order valence-electron chi connectivity index (χ3n) is 3.10. The molecule has 0 bridgehead atoms. The van der Waals surface area contributed by atoms with Gasteiger partial charge in [-0.2, -0.15) is 0 Å². The number of thioether (sulfide) groups is 1. The molecule has 0 radical (unpaired) electrons. The minimum Gasteiger partial charge on any atom is -0.465 e. The van der Waals surface area contributed by atoms with Crippen molar-refractivity contribution in [3.63, 3.8) is 0 Å². The summed E-state index contributed by atoms with van der Waals surface area (Å²) in [5, 5.41) is 2.53. The number of para-hydroxylation sites is 1. The van der Waals surface area contributed by atoms with E-state index in [0.29, 0.717) is 16.5 Å². The number of aryl methyl sites for hydroxylation is 1. The van der Waals surface area contributed by atoms with Crippen molar-refractivity contribution in [3.8, 4) is 0 Å². The van der Waals surface area contributed by atoms with Crippen LogP contribution in [0.1, 0.15) is 23.0 Å². The van der Waals surface area contributed by atoms with Crippen LogP contribution in [0.5, 0.6) is 0 Å². The molecule has 0 aliphatic rings. The fourth-order valence-corrected chi connectivity index (χ4v) is 2.80. The number of amides is 1. The third-order valence-corrected chi connectivity index (χ3v) is 4.08. The van der Waals surface area contributed by atoms with Gasteiger partial charge in [0, 0.05) is 11.8 Å². The molecule has 7 nitrogen and oxygen atoms in total. The number of rotatable bonds is 5. The van der Waals surface area contributed by atoms with Gasteiger partial charge in [0.15, 0.2) is 5.16 Å². The van der Waals surface area contributed by atoms with Gasteiger partial charge < -0.3 is 15.0 Å². The number of aromatic nitrogens is 2. The minimum absolute atomic E-state index is 0.270. The van der Waals surface area contributed by atoms with E-state index in [2.05, 4.69) is 15.3 Å². The van der Waals surface area contributed by atoms with Crippen molar-refractivity contribution in [2.24, 2.45) is 0 Å². The Morgan fingerprint density at radius 2 is 2.04 bits per heavy atom. The summed E-state index contributed by atoms with van der Waals surface area (Å²) in [5.41, 5.74) is 0.943. The molecule has 0 aliphatic heterocycles. The van der Waals surface area contributed by atoms with Crippen molar-refractivity contribution < 1.29 is 14.3 Å². The van der Waals surface area contributed by atoms with Crippen molar-refractivity contribution in [2.45, 2.75) is 24.3 Å². The van der Waals surface area contributed by atoms with Crippen LogP contribution in [0.25, 0.3) is 0 Å². The number of nitrogens with one attached hydrogen (secondary N) is 2. The molecule has 1 atom stereocenters. The second-order valence-electron chi connectivity index (χ2n) is 4.98. The van der Waals surface area contributed by atoms with Crippen molar-refractivity contribution in [1.82, 2.24) is 9.97 Å². The zero-order chi connectivity index (χ0) is 17.7. The second kappa shape index (κ2) is 7.78. The van der Waals surface area contributed by atoms with Crippen LogP contribution in [0.3, 0.4) is 0 Å². The summed E-state index contributed by atoms with van der Waals surface area (Å²) in [6.07, 6.45) is 0. The molecule has 24 heavy (non-hydrogen) atoms. The summed E-state index contributed by atoms with van der Waals surface area (Å²) in [6, 6.07) is 7.95. The van der Waals surface area contributed by atoms with E-state index < -0.39 is 11.2 Å². The normalized spacial score (nSPS) is 11.6. The van der Waals surface area contributed by atoms with Crippen LogP contribution in [0.2, 0.25) is 0 Å². The Hall–Kier alpha value is -2.61. The fraction of sp³-hybridized carbons (Fsp3) is 0.250. The summed E-state index contributed by atoms with van der Waals surface area (Å²) in [4.78, 5) is 42.3. The molecule has 0 saturated carbocycles. The molecule has 1 aromatic heterocycles. The highest BCUT2D eigenvalue weighted by atomic mass is 32.2. The van der Waals surface area contributed by atoms with E-state index in [1.54, 1.807) is 38.1 Å². The first-order chi connectivity index (χ1) is 11.4. The SMILES string of the molecule is COC(=O)c1ccccc1NC(=O)C(C)Sc1nc(C)cc(=O)[nH]1. The molecule has 1 aromatic carbocycles. The number of carbonyl (C=O) groups is 2. The van der Waals surface area contributed by atoms with Crippen LogP contribution >= 0.6 is 11.8 Å². The van der Waals surface area contributed by atoms with E-state index in [0.717, 1.165) is 11.8 Å². The molecule has 0 spiro atoms. The van der Waals surface area contributed by atoms with Crippen LogP contribution in [0.15, 0.2) is 40.3 Å². The predicted molar refractivity (Wildman–Crippen MR) is 91.3 cm³/mol. The Bertz CT molecular complexity index is 819. The number of methoxy groups -OCH3 is 1. The van der Waals surface area contributed by atoms with E-state index in [1.165, 1.54) is 13.2 Å². The smallest absolute Gasteiger partial charge is 0.339 e. The summed E-state index contributed by atoms with van der Waals surface area (Å²) in [7, 11) is 1.28. The average molecular weight is 347 g/mol. The topological polar surface area (TPSA) is 101 Å². The monoisotopic (exact) mass is 347 g/mol. The summed E-state index contributed by atoms with van der Waals surface area (Å²) in [6.45, 7) is 3.39. The lowest BCUT2D eigenvalue weighted by atomic mass is 10.2. The highest BCUT2D eigenvalue weighted by Crippen LogP contribution is 2.22. The molecule has 1 unspecified atom stereocenters. The zero-order valence-corrected chi connectivity index (χ0v) is 14.3. The molecule has 126 valence electrons. The molecule has 0 saturated heterocycles. The number of carbonyl (C=O) groups excluding carboxylic acids is 2. The van der Waals surface area contributed by atoms with E-state index in [1.807, 2.05) is 0 Å². The molecule has 0 aliphatic carbocycles. The maximum Gasteiger partial charge on any atom is 0.339 e. The van der Waals surface area contributed by atoms with Gasteiger partial charge in [-0.3, -0.25) is 9.59 Å². The predicted octanol–water partition coefficient (Wildman–Crippen LogP) is 1.98. The number of nitrogens with zero attached hydrogens (tertiary/aromatic N) is 1. The first kappa shape index (κ1) is 17.7. The number of ether oxygens (including phenoxy) is 1. The first-order valence-electron chi connectivity index (χ1n) is 7.13. The summed E-state index contributed by atoms with van der Waals surface area (Å²) < 4.78 is 4.70. The Balaban J connectivity index is 2.12. The first-order valence-corrected chi connectivity index (χ1v) is 8.01. The lowest BCUT2D eigenvalue weighted by Gasteiger charge is -2.13. The molecule has 0 fully saturated rings. The van der Waals surface area contributed by atoms with Gasteiger partial charge in [-0.05, 0) is 26.0 Å². The van der Waals surface area contributed by atoms with E-state index in [-0.39, 0.29) is 17.0 Å². The largest absolute Gasteiger partial charge is 0.465 e. The highest BCUT2D eigenvalue weighted by molar-refractivity contribution is 8.00. The quantitative estimate of drug-likeness (QED) is 0.487. The molecular weight excluding hydrogens is 330 g/mol. The van der Waals surface area contributed by atoms with Crippen LogP contribution in [-0.2, 0) is 9.53 Å². The number of aromatic amines is 1. The third kappa shape index (κ3) is 4.45. The maximum atomic E-state index is 12.3. The van der Waals surface area contributed by atoms with Crippen LogP contribution in [0, 0.1) is 6.92 Å². The van der Waals surface area contributed by atoms with Crippen molar-refractivity contribution in [3.05, 3.63) is 51.9 Å². The summed E-state index contributed by atoms with van der Waals surface area (Å²) >= 11 is 1.12. The van der Waals surface area contributed by atoms with E-state index >= 15 is 0 Å². The van der Waals surface area contributed by atoms with Crippen molar-refractivity contribution in [1.29, 1.82) is 0 Å². The fourth-order valence-electron chi connectivity index (χ4n) is 1.94. The lowest BCUT2D eigenvalue weighted by molar-refractivity contribution is -0.115. The Kier molecular flexibility index (Phi) is 5.75. The van der Waals surface area contributed by atoms with Crippen molar-refractivity contribution >= 4 is 29.3 Å². The standard InChI is InChI=1S/C16H17N3O4S/c1-9-8-13(20)19-16(17-9)24-10(2)14(21)18-12-7-5-4-6-11(12)15(22)23-3/h4-8,10H,1-3H3,(H,18,21)(H,17,19,20). The lowest BCUT2D eigenvalue weighted by Crippen LogP contribution is -2.24. The van der Waals surface area contributed by atoms with Gasteiger partial charge in [0.1, 0.15) is 0 Å². The van der Waals surface area contributed by atoms with Gasteiger partial charge in [-0.25, -0.2) is 9.78 Å². The number of anilines is 1. The van der Waals surface area contributed by atoms with Gasteiger partial charge in [-0.1, -0.05) is 23.9 Å². The molecular formula is C16H17N3O4S. The molecule has 8 heteroatoms. The molecule has 2 rings (SSSR count). The van der Waals surface area contributed by atoms with Gasteiger partial charge >= 0.3 is 5.97 Å². The van der Waals surface area contributed by atoms with E-state index in [9.17, 15) is 14.4 Å². The van der Waals surface area contributed by atoms with Gasteiger partial charge in [0.05, 0.1) is 23.6 Å². The minimum atomic E-state index is -0.532. The Morgan fingerprint density at radius 1 is 1.33 bits per heavy atom. The zero-order valence-electron chi connectivity index (χ0n) is 13.5. The number of H-pyrrole nitrogens is 1. The molecule has 1 amide bonds. The van der Waals surface area contributed by atoms with Crippen LogP contribution < -0.4 is 10.9 Å². The van der Waals surface area contributed by atoms with Crippen LogP contribution in [0.4, 0.5) is 5.69 Å². The Morgan fingerprint density at radius 3 is 2.71 bits per heavy atom. The van der Waals surface area contributed by atoms with E-state index in [4.69, 9.17) is 4.74 Å². The number of hydrogen-bond donors (Lipinski definition) is 2. The van der Waals surface area contributed by atoms with Gasteiger partial charge in [0.2, 0.25) is 5.91 Å². The maximum absolute atomic E-state index is 12.3. The van der Waals surface area contributed by atoms with Gasteiger partial charge in [-0.15, -0.1) is 0 Å². The van der Waals surface area contributed by atoms with Gasteiger partial charge in [0.25, 0.3) is 5.56 Å². The van der Waals surface area contributed by atoms with Crippen LogP contribution in [-0.4, -0.2) is 34.2 Å². The summed E-state index contributed by atoms with van der Waals surface area (Å²) in [5.74, 6) is -0.851.